The summed E-state index contributed by atoms with van der Waals surface area (Å²) in [6.07, 6.45) is 5.87. The lowest BCUT2D eigenvalue weighted by molar-refractivity contribution is -0.129. The van der Waals surface area contributed by atoms with Crippen LogP contribution < -0.4 is 14.2 Å². The van der Waals surface area contributed by atoms with E-state index in [4.69, 9.17) is 14.2 Å². The highest BCUT2D eigenvalue weighted by Gasteiger charge is 2.28. The number of aromatic nitrogens is 2. The van der Waals surface area contributed by atoms with Gasteiger partial charge in [-0.15, -0.1) is 0 Å². The second-order valence-electron chi connectivity index (χ2n) is 5.78. The van der Waals surface area contributed by atoms with Gasteiger partial charge in [0.1, 0.15) is 6.10 Å². The molecule has 4 rings (SSSR count). The van der Waals surface area contributed by atoms with Crippen LogP contribution in [0.5, 0.6) is 17.4 Å². The van der Waals surface area contributed by atoms with Crippen LogP contribution in [0.15, 0.2) is 36.8 Å². The molecule has 0 aliphatic carbocycles. The van der Waals surface area contributed by atoms with Gasteiger partial charge in [0.25, 0.3) is 0 Å². The molecular formula is C17H17N3O4. The molecule has 3 heterocycles. The molecule has 0 N–H and O–H groups in total. The van der Waals surface area contributed by atoms with Gasteiger partial charge >= 0.3 is 0 Å². The summed E-state index contributed by atoms with van der Waals surface area (Å²) >= 11 is 0. The molecule has 7 nitrogen and oxygen atoms in total. The number of hydrogen-bond acceptors (Lipinski definition) is 6. The average molecular weight is 327 g/mol. The molecule has 2 aliphatic heterocycles. The van der Waals surface area contributed by atoms with E-state index in [0.29, 0.717) is 31.1 Å². The Morgan fingerprint density at radius 3 is 3.08 bits per heavy atom. The predicted octanol–water partition coefficient (Wildman–Crippen LogP) is 1.43. The predicted molar refractivity (Wildman–Crippen MR) is 83.9 cm³/mol. The second-order valence-corrected chi connectivity index (χ2v) is 5.78. The molecule has 2 aromatic rings. The summed E-state index contributed by atoms with van der Waals surface area (Å²) in [5, 5.41) is 0. The number of carbonyl (C=O) groups excluding carboxylic acids is 1. The van der Waals surface area contributed by atoms with Crippen molar-refractivity contribution in [1.29, 1.82) is 0 Å². The summed E-state index contributed by atoms with van der Waals surface area (Å²) < 4.78 is 16.4. The van der Waals surface area contributed by atoms with E-state index < -0.39 is 0 Å². The Labute approximate surface area is 139 Å². The third-order valence-corrected chi connectivity index (χ3v) is 4.12. The Balaban J connectivity index is 1.34. The molecule has 2 aliphatic rings. The Morgan fingerprint density at radius 1 is 1.29 bits per heavy atom. The number of hydrogen-bond donors (Lipinski definition) is 0. The van der Waals surface area contributed by atoms with Crippen molar-refractivity contribution in [2.75, 3.05) is 19.9 Å². The highest BCUT2D eigenvalue weighted by Crippen LogP contribution is 2.32. The first kappa shape index (κ1) is 14.7. The molecule has 1 saturated heterocycles. The lowest BCUT2D eigenvalue weighted by Crippen LogP contribution is -2.32. The minimum absolute atomic E-state index is 0.0394. The fourth-order valence-corrected chi connectivity index (χ4v) is 2.91. The maximum absolute atomic E-state index is 12.5. The summed E-state index contributed by atoms with van der Waals surface area (Å²) in [6.45, 7) is 1.49. The maximum Gasteiger partial charge on any atom is 0.232 e. The quantitative estimate of drug-likeness (QED) is 0.846. The summed E-state index contributed by atoms with van der Waals surface area (Å²) in [5.74, 6) is 2.00. The largest absolute Gasteiger partial charge is 0.471 e. The highest BCUT2D eigenvalue weighted by atomic mass is 16.7. The average Bonchev–Trinajstić information content (AvgIpc) is 3.24. The number of fused-ring (bicyclic) bond motifs is 1. The van der Waals surface area contributed by atoms with Crippen molar-refractivity contribution >= 4 is 5.91 Å². The fourth-order valence-electron chi connectivity index (χ4n) is 2.91. The van der Waals surface area contributed by atoms with Crippen molar-refractivity contribution in [2.24, 2.45) is 0 Å². The molecule has 1 atom stereocenters. The first-order chi connectivity index (χ1) is 11.8. The van der Waals surface area contributed by atoms with E-state index in [1.807, 2.05) is 23.1 Å². The maximum atomic E-state index is 12.5. The van der Waals surface area contributed by atoms with Gasteiger partial charge in [-0.2, -0.15) is 0 Å². The zero-order valence-electron chi connectivity index (χ0n) is 13.1. The molecule has 0 bridgehead atoms. The van der Waals surface area contributed by atoms with Gasteiger partial charge in [-0.25, -0.2) is 4.98 Å². The molecule has 1 amide bonds. The van der Waals surface area contributed by atoms with E-state index in [1.54, 1.807) is 18.6 Å². The molecular weight excluding hydrogens is 310 g/mol. The Morgan fingerprint density at radius 2 is 2.21 bits per heavy atom. The first-order valence-corrected chi connectivity index (χ1v) is 7.87. The van der Waals surface area contributed by atoms with Crippen LogP contribution in [0, 0.1) is 0 Å². The third-order valence-electron chi connectivity index (χ3n) is 4.12. The van der Waals surface area contributed by atoms with Crippen LogP contribution in [0.3, 0.4) is 0 Å². The van der Waals surface area contributed by atoms with E-state index in [-0.39, 0.29) is 18.8 Å². The standard InChI is InChI=1S/C17H17N3O4/c21-17(8-12-1-2-14-15(7-12)23-11-22-14)20-6-3-13(10-20)24-16-9-18-4-5-19-16/h1-2,4-5,7,9,13H,3,6,8,10-11H2/t13-/m1/s1. The monoisotopic (exact) mass is 327 g/mol. The van der Waals surface area contributed by atoms with Crippen molar-refractivity contribution in [2.45, 2.75) is 18.9 Å². The Bertz CT molecular complexity index is 738. The zero-order chi connectivity index (χ0) is 16.4. The lowest BCUT2D eigenvalue weighted by Gasteiger charge is -2.17. The number of rotatable bonds is 4. The van der Waals surface area contributed by atoms with Crippen molar-refractivity contribution in [3.63, 3.8) is 0 Å². The number of likely N-dealkylation sites (tertiary alicyclic amines) is 1. The van der Waals surface area contributed by atoms with Gasteiger partial charge in [-0.05, 0) is 17.7 Å². The first-order valence-electron chi connectivity index (χ1n) is 7.87. The summed E-state index contributed by atoms with van der Waals surface area (Å²) in [7, 11) is 0. The molecule has 1 aromatic heterocycles. The van der Waals surface area contributed by atoms with Gasteiger partial charge < -0.3 is 19.1 Å². The summed E-state index contributed by atoms with van der Waals surface area (Å²) in [6, 6.07) is 5.60. The van der Waals surface area contributed by atoms with E-state index in [0.717, 1.165) is 17.7 Å². The minimum Gasteiger partial charge on any atom is -0.471 e. The second kappa shape index (κ2) is 6.35. The summed E-state index contributed by atoms with van der Waals surface area (Å²) in [5.41, 5.74) is 0.919. The minimum atomic E-state index is -0.0394. The fraction of sp³-hybridized carbons (Fsp3) is 0.353. The van der Waals surface area contributed by atoms with Gasteiger partial charge in [0, 0.05) is 25.4 Å². The van der Waals surface area contributed by atoms with Gasteiger partial charge in [-0.3, -0.25) is 9.78 Å². The lowest BCUT2D eigenvalue weighted by atomic mass is 10.1. The van der Waals surface area contributed by atoms with Crippen molar-refractivity contribution in [3.05, 3.63) is 42.4 Å². The van der Waals surface area contributed by atoms with Gasteiger partial charge in [0.05, 0.1) is 19.2 Å². The number of benzene rings is 1. The molecule has 124 valence electrons. The topological polar surface area (TPSA) is 73.8 Å². The normalized spacial score (nSPS) is 18.7. The smallest absolute Gasteiger partial charge is 0.232 e. The van der Waals surface area contributed by atoms with Crippen molar-refractivity contribution < 1.29 is 19.0 Å². The van der Waals surface area contributed by atoms with Gasteiger partial charge in [-0.1, -0.05) is 6.07 Å². The number of amides is 1. The number of carbonyl (C=O) groups is 1. The number of nitrogens with zero attached hydrogens (tertiary/aromatic N) is 3. The third kappa shape index (κ3) is 3.10. The zero-order valence-corrected chi connectivity index (χ0v) is 13.1. The Hall–Kier alpha value is -2.83. The number of ether oxygens (including phenoxy) is 3. The molecule has 0 saturated carbocycles. The SMILES string of the molecule is O=C(Cc1ccc2c(c1)OCO2)N1CC[C@@H](Oc2cnccn2)C1. The highest BCUT2D eigenvalue weighted by molar-refractivity contribution is 5.79. The van der Waals surface area contributed by atoms with Crippen LogP contribution in [-0.2, 0) is 11.2 Å². The van der Waals surface area contributed by atoms with Gasteiger partial charge in [0.15, 0.2) is 11.5 Å². The van der Waals surface area contributed by atoms with Crippen LogP contribution >= 0.6 is 0 Å². The van der Waals surface area contributed by atoms with Crippen LogP contribution in [0.1, 0.15) is 12.0 Å². The van der Waals surface area contributed by atoms with Crippen LogP contribution in [0.4, 0.5) is 0 Å². The molecule has 1 aromatic carbocycles. The molecule has 24 heavy (non-hydrogen) atoms. The van der Waals surface area contributed by atoms with E-state index in [1.165, 1.54) is 0 Å². The molecule has 0 spiro atoms. The molecule has 0 radical (unpaired) electrons. The molecule has 0 unspecified atom stereocenters. The summed E-state index contributed by atoms with van der Waals surface area (Å²) in [4.78, 5) is 22.4. The van der Waals surface area contributed by atoms with Crippen molar-refractivity contribution in [1.82, 2.24) is 14.9 Å². The van der Waals surface area contributed by atoms with E-state index >= 15 is 0 Å². The van der Waals surface area contributed by atoms with E-state index in [2.05, 4.69) is 9.97 Å². The van der Waals surface area contributed by atoms with Crippen molar-refractivity contribution in [3.8, 4) is 17.4 Å². The van der Waals surface area contributed by atoms with Gasteiger partial charge in [0.2, 0.25) is 18.6 Å². The molecule has 1 fully saturated rings. The van der Waals surface area contributed by atoms with Crippen LogP contribution in [-0.4, -0.2) is 46.8 Å². The van der Waals surface area contributed by atoms with Crippen LogP contribution in [0.2, 0.25) is 0 Å². The Kier molecular flexibility index (Phi) is 3.90. The van der Waals surface area contributed by atoms with Crippen LogP contribution in [0.25, 0.3) is 0 Å². The van der Waals surface area contributed by atoms with E-state index in [9.17, 15) is 4.79 Å². The molecule has 7 heteroatoms.